The van der Waals surface area contributed by atoms with Crippen LogP contribution in [0.4, 0.5) is 5.82 Å². The lowest BCUT2D eigenvalue weighted by atomic mass is 9.87. The van der Waals surface area contributed by atoms with Crippen molar-refractivity contribution in [2.75, 3.05) is 11.6 Å². The molecular weight excluding hydrogens is 318 g/mol. The van der Waals surface area contributed by atoms with Gasteiger partial charge in [0, 0.05) is 24.3 Å². The molecule has 2 N–H and O–H groups in total. The van der Waals surface area contributed by atoms with Gasteiger partial charge in [-0.05, 0) is 36.2 Å². The maximum atomic E-state index is 12.4. The smallest absolute Gasteiger partial charge is 0.257 e. The molecule has 1 aliphatic heterocycles. The van der Waals surface area contributed by atoms with Crippen LogP contribution in [-0.2, 0) is 11.8 Å². The molecule has 0 saturated heterocycles. The van der Waals surface area contributed by atoms with E-state index in [1.54, 1.807) is 23.4 Å². The van der Waals surface area contributed by atoms with E-state index in [1.807, 2.05) is 30.5 Å². The SMILES string of the molecule is CSc1ccc(C2CC(=O)Nc3c2c(=O)[nH]c(=S)n3C)cc1. The largest absolute Gasteiger partial charge is 0.312 e. The van der Waals surface area contributed by atoms with Crippen LogP contribution < -0.4 is 10.9 Å². The van der Waals surface area contributed by atoms with Crippen molar-refractivity contribution in [3.63, 3.8) is 0 Å². The molecule has 0 bridgehead atoms. The van der Waals surface area contributed by atoms with E-state index in [-0.39, 0.29) is 23.8 Å². The molecule has 1 aliphatic rings. The summed E-state index contributed by atoms with van der Waals surface area (Å²) < 4.78 is 1.93. The summed E-state index contributed by atoms with van der Waals surface area (Å²) in [4.78, 5) is 28.2. The van der Waals surface area contributed by atoms with Crippen LogP contribution in [0.3, 0.4) is 0 Å². The first kappa shape index (κ1) is 15.1. The third-order valence-corrected chi connectivity index (χ3v) is 4.99. The molecular formula is C15H15N3O2S2. The summed E-state index contributed by atoms with van der Waals surface area (Å²) in [6.07, 6.45) is 2.26. The molecule has 0 saturated carbocycles. The van der Waals surface area contributed by atoms with Crippen LogP contribution >= 0.6 is 24.0 Å². The Labute approximate surface area is 136 Å². The van der Waals surface area contributed by atoms with Gasteiger partial charge >= 0.3 is 0 Å². The topological polar surface area (TPSA) is 66.9 Å². The summed E-state index contributed by atoms with van der Waals surface area (Å²) in [5.74, 6) is 0.121. The fourth-order valence-electron chi connectivity index (χ4n) is 2.70. The van der Waals surface area contributed by atoms with Crippen LogP contribution in [0.15, 0.2) is 34.0 Å². The van der Waals surface area contributed by atoms with Crippen LogP contribution in [-0.4, -0.2) is 21.7 Å². The second kappa shape index (κ2) is 5.73. The number of thioether (sulfide) groups is 1. The quantitative estimate of drug-likeness (QED) is 0.655. The average molecular weight is 333 g/mol. The van der Waals surface area contributed by atoms with Crippen molar-refractivity contribution in [3.05, 3.63) is 50.5 Å². The molecule has 0 radical (unpaired) electrons. The lowest BCUT2D eigenvalue weighted by Crippen LogP contribution is -2.33. The fourth-order valence-corrected chi connectivity index (χ4v) is 3.30. The standard InChI is InChI=1S/C15H15N3O2S2/c1-18-13-12(14(20)17-15(18)21)10(7-11(19)16-13)8-3-5-9(22-2)6-4-8/h3-6,10H,7H2,1-2H3,(H,16,19)(H,17,20,21). The number of rotatable bonds is 2. The molecule has 1 aromatic carbocycles. The predicted molar refractivity (Wildman–Crippen MR) is 90.2 cm³/mol. The van der Waals surface area contributed by atoms with E-state index in [0.29, 0.717) is 16.2 Å². The molecule has 0 aliphatic carbocycles. The van der Waals surface area contributed by atoms with Crippen molar-refractivity contribution in [3.8, 4) is 0 Å². The number of benzene rings is 1. The molecule has 1 aromatic heterocycles. The summed E-state index contributed by atoms with van der Waals surface area (Å²) in [5.41, 5.74) is 1.28. The Balaban J connectivity index is 2.19. The highest BCUT2D eigenvalue weighted by atomic mass is 32.2. The summed E-state index contributed by atoms with van der Waals surface area (Å²) >= 11 is 6.76. The fraction of sp³-hybridized carbons (Fsp3) is 0.267. The highest BCUT2D eigenvalue weighted by Gasteiger charge is 2.30. The minimum atomic E-state index is -0.259. The molecule has 0 spiro atoms. The number of aromatic amines is 1. The van der Waals surface area contributed by atoms with Gasteiger partial charge in [0.2, 0.25) is 5.91 Å². The molecule has 5 nitrogen and oxygen atoms in total. The lowest BCUT2D eigenvalue weighted by molar-refractivity contribution is -0.116. The summed E-state index contributed by atoms with van der Waals surface area (Å²) in [7, 11) is 1.73. The Bertz CT molecular complexity index is 853. The number of hydrogen-bond acceptors (Lipinski definition) is 4. The van der Waals surface area contributed by atoms with Gasteiger partial charge < -0.3 is 9.88 Å². The summed E-state index contributed by atoms with van der Waals surface area (Å²) in [6.45, 7) is 0. The van der Waals surface area contributed by atoms with Crippen molar-refractivity contribution in [1.29, 1.82) is 0 Å². The number of hydrogen-bond donors (Lipinski definition) is 2. The highest BCUT2D eigenvalue weighted by Crippen LogP contribution is 2.34. The van der Waals surface area contributed by atoms with E-state index in [1.165, 1.54) is 0 Å². The van der Waals surface area contributed by atoms with Gasteiger partial charge in [0.1, 0.15) is 5.82 Å². The molecule has 114 valence electrons. The zero-order valence-electron chi connectivity index (χ0n) is 12.2. The first-order valence-electron chi connectivity index (χ1n) is 6.78. The molecule has 1 unspecified atom stereocenters. The molecule has 1 amide bonds. The molecule has 2 heterocycles. The van der Waals surface area contributed by atoms with Gasteiger partial charge in [-0.3, -0.25) is 14.6 Å². The monoisotopic (exact) mass is 333 g/mol. The molecule has 22 heavy (non-hydrogen) atoms. The second-order valence-corrected chi connectivity index (χ2v) is 6.42. The van der Waals surface area contributed by atoms with E-state index in [0.717, 1.165) is 10.5 Å². The van der Waals surface area contributed by atoms with Crippen LogP contribution in [0.5, 0.6) is 0 Å². The lowest BCUT2D eigenvalue weighted by Gasteiger charge is -2.26. The van der Waals surface area contributed by atoms with Gasteiger partial charge in [-0.15, -0.1) is 11.8 Å². The Morgan fingerprint density at radius 2 is 1.95 bits per heavy atom. The third kappa shape index (κ3) is 2.50. The van der Waals surface area contributed by atoms with Crippen molar-refractivity contribution < 1.29 is 4.79 Å². The average Bonchev–Trinajstić information content (AvgIpc) is 2.52. The van der Waals surface area contributed by atoms with E-state index in [9.17, 15) is 9.59 Å². The molecule has 0 fully saturated rings. The molecule has 3 rings (SSSR count). The third-order valence-electron chi connectivity index (χ3n) is 3.87. The first-order chi connectivity index (χ1) is 10.5. The molecule has 1 atom stereocenters. The van der Waals surface area contributed by atoms with Gasteiger partial charge in [0.05, 0.1) is 5.56 Å². The summed E-state index contributed by atoms with van der Waals surface area (Å²) in [5, 5.41) is 2.77. The minimum Gasteiger partial charge on any atom is -0.312 e. The number of nitrogens with one attached hydrogen (secondary N) is 2. The van der Waals surface area contributed by atoms with Crippen LogP contribution in [0.1, 0.15) is 23.5 Å². The van der Waals surface area contributed by atoms with E-state index in [4.69, 9.17) is 12.2 Å². The van der Waals surface area contributed by atoms with Crippen LogP contribution in [0, 0.1) is 4.77 Å². The normalized spacial score (nSPS) is 17.0. The number of anilines is 1. The Morgan fingerprint density at radius 3 is 2.59 bits per heavy atom. The van der Waals surface area contributed by atoms with E-state index in [2.05, 4.69) is 10.3 Å². The van der Waals surface area contributed by atoms with Gasteiger partial charge in [0.25, 0.3) is 5.56 Å². The zero-order chi connectivity index (χ0) is 15.9. The Morgan fingerprint density at radius 1 is 1.27 bits per heavy atom. The van der Waals surface area contributed by atoms with Crippen molar-refractivity contribution in [2.45, 2.75) is 17.2 Å². The second-order valence-electron chi connectivity index (χ2n) is 5.16. The Hall–Kier alpha value is -1.86. The van der Waals surface area contributed by atoms with Crippen molar-refractivity contribution in [2.24, 2.45) is 7.05 Å². The number of carbonyl (C=O) groups excluding carboxylic acids is 1. The maximum Gasteiger partial charge on any atom is 0.257 e. The minimum absolute atomic E-state index is 0.109. The summed E-state index contributed by atoms with van der Waals surface area (Å²) in [6, 6.07) is 7.95. The van der Waals surface area contributed by atoms with Crippen molar-refractivity contribution >= 4 is 35.7 Å². The van der Waals surface area contributed by atoms with Gasteiger partial charge in [-0.25, -0.2) is 0 Å². The van der Waals surface area contributed by atoms with Gasteiger partial charge in [-0.2, -0.15) is 0 Å². The number of amides is 1. The maximum absolute atomic E-state index is 12.4. The number of carbonyl (C=O) groups is 1. The number of H-pyrrole nitrogens is 1. The highest BCUT2D eigenvalue weighted by molar-refractivity contribution is 7.98. The van der Waals surface area contributed by atoms with Crippen LogP contribution in [0.2, 0.25) is 0 Å². The predicted octanol–water partition coefficient (Wildman–Crippen LogP) is 2.64. The zero-order valence-corrected chi connectivity index (χ0v) is 13.8. The number of aromatic nitrogens is 2. The van der Waals surface area contributed by atoms with E-state index >= 15 is 0 Å². The first-order valence-corrected chi connectivity index (χ1v) is 8.41. The Kier molecular flexibility index (Phi) is 3.92. The molecule has 7 heteroatoms. The van der Waals surface area contributed by atoms with Crippen LogP contribution in [0.25, 0.3) is 0 Å². The van der Waals surface area contributed by atoms with Gasteiger partial charge in [-0.1, -0.05) is 12.1 Å². The van der Waals surface area contributed by atoms with E-state index < -0.39 is 0 Å². The van der Waals surface area contributed by atoms with Crippen molar-refractivity contribution in [1.82, 2.24) is 9.55 Å². The number of fused-ring (bicyclic) bond motifs is 1. The molecule has 2 aromatic rings. The number of nitrogens with zero attached hydrogens (tertiary/aromatic N) is 1. The van der Waals surface area contributed by atoms with Gasteiger partial charge in [0.15, 0.2) is 4.77 Å².